The first-order valence-electron chi connectivity index (χ1n) is 7.66. The fraction of sp³-hybridized carbons (Fsp3) is 0.278. The second kappa shape index (κ2) is 8.57. The van der Waals surface area contributed by atoms with E-state index in [0.717, 1.165) is 5.56 Å². The van der Waals surface area contributed by atoms with Gasteiger partial charge in [-0.2, -0.15) is 0 Å². The van der Waals surface area contributed by atoms with E-state index in [4.69, 9.17) is 26.8 Å². The molecular formula is C18H21ClN2O3. The third kappa shape index (κ3) is 5.15. The molecule has 0 fully saturated rings. The van der Waals surface area contributed by atoms with Gasteiger partial charge in [-0.25, -0.2) is 0 Å². The smallest absolute Gasteiger partial charge is 0.265 e. The lowest BCUT2D eigenvalue weighted by Crippen LogP contribution is -2.30. The number of carbonyl (C=O) groups is 1. The van der Waals surface area contributed by atoms with E-state index >= 15 is 0 Å². The number of nitrogens with one attached hydrogen (secondary N) is 1. The van der Waals surface area contributed by atoms with E-state index in [1.54, 1.807) is 49.4 Å². The van der Waals surface area contributed by atoms with Crippen LogP contribution in [0.1, 0.15) is 12.5 Å². The Morgan fingerprint density at radius 1 is 1.21 bits per heavy atom. The van der Waals surface area contributed by atoms with Gasteiger partial charge in [-0.05, 0) is 61.9 Å². The van der Waals surface area contributed by atoms with Crippen LogP contribution in [0.2, 0.25) is 5.02 Å². The molecule has 0 aromatic heterocycles. The maximum Gasteiger partial charge on any atom is 0.265 e. The van der Waals surface area contributed by atoms with Gasteiger partial charge >= 0.3 is 0 Å². The Morgan fingerprint density at radius 3 is 2.50 bits per heavy atom. The molecular weight excluding hydrogens is 328 g/mol. The fourth-order valence-corrected chi connectivity index (χ4v) is 2.12. The molecule has 0 bridgehead atoms. The van der Waals surface area contributed by atoms with Gasteiger partial charge < -0.3 is 20.5 Å². The standard InChI is InChI=1S/C18H21ClN2O3/c1-12-11-16(7-8-17(12)19)24-13(2)18(22)21-14-3-5-15(6-4-14)23-10-9-20/h3-8,11,13H,9-10,20H2,1-2H3,(H,21,22). The van der Waals surface area contributed by atoms with Crippen LogP contribution >= 0.6 is 11.6 Å². The Morgan fingerprint density at radius 2 is 1.88 bits per heavy atom. The molecule has 3 N–H and O–H groups in total. The molecule has 1 atom stereocenters. The van der Waals surface area contributed by atoms with E-state index in [2.05, 4.69) is 5.32 Å². The van der Waals surface area contributed by atoms with Crippen LogP contribution in [0.5, 0.6) is 11.5 Å². The molecule has 0 saturated heterocycles. The lowest BCUT2D eigenvalue weighted by molar-refractivity contribution is -0.122. The van der Waals surface area contributed by atoms with Gasteiger partial charge in [-0.15, -0.1) is 0 Å². The van der Waals surface area contributed by atoms with E-state index in [1.807, 2.05) is 6.92 Å². The van der Waals surface area contributed by atoms with Gasteiger partial charge in [-0.1, -0.05) is 11.6 Å². The number of nitrogens with two attached hydrogens (primary N) is 1. The average molecular weight is 349 g/mol. The maximum atomic E-state index is 12.2. The van der Waals surface area contributed by atoms with Crippen LogP contribution in [0.25, 0.3) is 0 Å². The fourth-order valence-electron chi connectivity index (χ4n) is 2.00. The second-order valence-electron chi connectivity index (χ2n) is 5.32. The quantitative estimate of drug-likeness (QED) is 0.804. The Labute approximate surface area is 146 Å². The van der Waals surface area contributed by atoms with Gasteiger partial charge in [0.1, 0.15) is 18.1 Å². The first-order valence-corrected chi connectivity index (χ1v) is 8.04. The minimum absolute atomic E-state index is 0.238. The van der Waals surface area contributed by atoms with E-state index in [-0.39, 0.29) is 5.91 Å². The highest BCUT2D eigenvalue weighted by Crippen LogP contribution is 2.22. The molecule has 0 aliphatic carbocycles. The van der Waals surface area contributed by atoms with Crippen molar-refractivity contribution >= 4 is 23.2 Å². The van der Waals surface area contributed by atoms with Gasteiger partial charge in [0.25, 0.3) is 5.91 Å². The van der Waals surface area contributed by atoms with Crippen LogP contribution in [0.3, 0.4) is 0 Å². The van der Waals surface area contributed by atoms with Crippen LogP contribution < -0.4 is 20.5 Å². The number of amides is 1. The molecule has 0 aliphatic heterocycles. The summed E-state index contributed by atoms with van der Waals surface area (Å²) in [7, 11) is 0. The zero-order valence-electron chi connectivity index (χ0n) is 13.7. The van der Waals surface area contributed by atoms with Crippen molar-refractivity contribution in [1.29, 1.82) is 0 Å². The van der Waals surface area contributed by atoms with Crippen molar-refractivity contribution in [1.82, 2.24) is 0 Å². The predicted molar refractivity (Wildman–Crippen MR) is 95.9 cm³/mol. The highest BCUT2D eigenvalue weighted by atomic mass is 35.5. The van der Waals surface area contributed by atoms with E-state index in [0.29, 0.717) is 35.4 Å². The summed E-state index contributed by atoms with van der Waals surface area (Å²) in [6.45, 7) is 4.49. The monoisotopic (exact) mass is 348 g/mol. The van der Waals surface area contributed by atoms with Gasteiger partial charge in [0, 0.05) is 17.3 Å². The van der Waals surface area contributed by atoms with Gasteiger partial charge in [-0.3, -0.25) is 4.79 Å². The summed E-state index contributed by atoms with van der Waals surface area (Å²) in [5.41, 5.74) is 6.95. The van der Waals surface area contributed by atoms with E-state index < -0.39 is 6.10 Å². The SMILES string of the molecule is Cc1cc(OC(C)C(=O)Nc2ccc(OCCN)cc2)ccc1Cl. The largest absolute Gasteiger partial charge is 0.492 e. The van der Waals surface area contributed by atoms with E-state index in [1.165, 1.54) is 0 Å². The van der Waals surface area contributed by atoms with Crippen molar-refractivity contribution < 1.29 is 14.3 Å². The number of aryl methyl sites for hydroxylation is 1. The van der Waals surface area contributed by atoms with Crippen molar-refractivity contribution in [2.75, 3.05) is 18.5 Å². The van der Waals surface area contributed by atoms with Crippen LogP contribution in [-0.4, -0.2) is 25.2 Å². The van der Waals surface area contributed by atoms with Crippen LogP contribution in [0.15, 0.2) is 42.5 Å². The lowest BCUT2D eigenvalue weighted by Gasteiger charge is -2.15. The number of hydrogen-bond donors (Lipinski definition) is 2. The number of halogens is 1. The first-order chi connectivity index (χ1) is 11.5. The topological polar surface area (TPSA) is 73.6 Å². The molecule has 6 heteroatoms. The Hall–Kier alpha value is -2.24. The third-order valence-corrected chi connectivity index (χ3v) is 3.74. The summed E-state index contributed by atoms with van der Waals surface area (Å²) in [6, 6.07) is 12.4. The van der Waals surface area contributed by atoms with Crippen molar-refractivity contribution in [3.05, 3.63) is 53.1 Å². The number of hydrogen-bond acceptors (Lipinski definition) is 4. The zero-order chi connectivity index (χ0) is 17.5. The molecule has 0 spiro atoms. The molecule has 2 aromatic carbocycles. The first kappa shape index (κ1) is 18.1. The lowest BCUT2D eigenvalue weighted by atomic mass is 10.2. The summed E-state index contributed by atoms with van der Waals surface area (Å²) >= 11 is 5.98. The molecule has 1 unspecified atom stereocenters. The molecule has 2 rings (SSSR count). The molecule has 2 aromatic rings. The summed E-state index contributed by atoms with van der Waals surface area (Å²) in [4.78, 5) is 12.2. The molecule has 0 saturated carbocycles. The average Bonchev–Trinajstić information content (AvgIpc) is 2.57. The number of benzene rings is 2. The van der Waals surface area contributed by atoms with Crippen LogP contribution in [0.4, 0.5) is 5.69 Å². The van der Waals surface area contributed by atoms with Crippen molar-refractivity contribution in [3.8, 4) is 11.5 Å². The Bertz CT molecular complexity index is 689. The maximum absolute atomic E-state index is 12.2. The highest BCUT2D eigenvalue weighted by molar-refractivity contribution is 6.31. The zero-order valence-corrected chi connectivity index (χ0v) is 14.5. The van der Waals surface area contributed by atoms with Gasteiger partial charge in [0.15, 0.2) is 6.10 Å². The molecule has 0 heterocycles. The molecule has 128 valence electrons. The molecule has 5 nitrogen and oxygen atoms in total. The minimum atomic E-state index is -0.640. The molecule has 24 heavy (non-hydrogen) atoms. The van der Waals surface area contributed by atoms with Gasteiger partial charge in [0.2, 0.25) is 0 Å². The highest BCUT2D eigenvalue weighted by Gasteiger charge is 2.15. The van der Waals surface area contributed by atoms with Crippen molar-refractivity contribution in [2.45, 2.75) is 20.0 Å². The predicted octanol–water partition coefficient (Wildman–Crippen LogP) is 3.39. The summed E-state index contributed by atoms with van der Waals surface area (Å²) < 4.78 is 11.0. The second-order valence-corrected chi connectivity index (χ2v) is 5.73. The summed E-state index contributed by atoms with van der Waals surface area (Å²) in [5.74, 6) is 1.07. The van der Waals surface area contributed by atoms with Crippen LogP contribution in [0, 0.1) is 6.92 Å². The molecule has 0 aliphatic rings. The molecule has 0 radical (unpaired) electrons. The third-order valence-electron chi connectivity index (χ3n) is 3.32. The molecule has 1 amide bonds. The number of carbonyl (C=O) groups excluding carboxylic acids is 1. The summed E-state index contributed by atoms with van der Waals surface area (Å²) in [6.07, 6.45) is -0.640. The number of anilines is 1. The Balaban J connectivity index is 1.92. The van der Waals surface area contributed by atoms with Crippen molar-refractivity contribution in [2.24, 2.45) is 5.73 Å². The normalized spacial score (nSPS) is 11.7. The van der Waals surface area contributed by atoms with Crippen molar-refractivity contribution in [3.63, 3.8) is 0 Å². The van der Waals surface area contributed by atoms with Crippen LogP contribution in [-0.2, 0) is 4.79 Å². The minimum Gasteiger partial charge on any atom is -0.492 e. The van der Waals surface area contributed by atoms with Gasteiger partial charge in [0.05, 0.1) is 0 Å². The number of ether oxygens (including phenoxy) is 2. The van der Waals surface area contributed by atoms with E-state index in [9.17, 15) is 4.79 Å². The Kier molecular flexibility index (Phi) is 6.46. The summed E-state index contributed by atoms with van der Waals surface area (Å²) in [5, 5.41) is 3.46. The number of rotatable bonds is 7.